The average molecular weight is 333 g/mol. The summed E-state index contributed by atoms with van der Waals surface area (Å²) in [6.07, 6.45) is 1.87. The van der Waals surface area contributed by atoms with E-state index >= 15 is 0 Å². The molecular weight excluding hydrogens is 320 g/mol. The summed E-state index contributed by atoms with van der Waals surface area (Å²) < 4.78 is 2.33. The highest BCUT2D eigenvalue weighted by Crippen LogP contribution is 2.26. The van der Waals surface area contributed by atoms with E-state index in [0.717, 1.165) is 33.5 Å². The lowest BCUT2D eigenvalue weighted by Crippen LogP contribution is -1.96. The number of hydrogen-bond donors (Lipinski definition) is 1. The molecule has 3 rings (SSSR count). The molecule has 0 fully saturated rings. The molecule has 0 amide bonds. The predicted octanol–water partition coefficient (Wildman–Crippen LogP) is 4.43. The number of aryl methyl sites for hydroxylation is 2. The van der Waals surface area contributed by atoms with Crippen molar-refractivity contribution in [3.63, 3.8) is 0 Å². The van der Waals surface area contributed by atoms with Crippen LogP contribution in [0.1, 0.15) is 10.6 Å². The Bertz CT molecular complexity index is 721. The molecule has 0 aliphatic carbocycles. The first-order chi connectivity index (χ1) is 9.22. The summed E-state index contributed by atoms with van der Waals surface area (Å²) in [5, 5.41) is 1.16. The summed E-state index contributed by atoms with van der Waals surface area (Å²) in [5.41, 5.74) is 9.09. The van der Waals surface area contributed by atoms with Gasteiger partial charge in [-0.2, -0.15) is 0 Å². The number of halogens is 1. The van der Waals surface area contributed by atoms with Crippen molar-refractivity contribution < 1.29 is 0 Å². The zero-order valence-corrected chi connectivity index (χ0v) is 12.7. The summed E-state index contributed by atoms with van der Waals surface area (Å²) >= 11 is 5.24. The van der Waals surface area contributed by atoms with E-state index in [2.05, 4.69) is 39.1 Å². The second kappa shape index (κ2) is 5.31. The Hall–Kier alpha value is -1.39. The fraction of sp³-hybridized carbons (Fsp3) is 0.133. The monoisotopic (exact) mass is 332 g/mol. The molecule has 4 heteroatoms. The highest BCUT2D eigenvalue weighted by Gasteiger charge is 2.05. The minimum Gasteiger partial charge on any atom is -0.399 e. The number of nitrogen functional groups attached to an aromatic ring is 1. The van der Waals surface area contributed by atoms with Crippen LogP contribution in [-0.2, 0) is 12.8 Å². The highest BCUT2D eigenvalue weighted by atomic mass is 79.9. The Balaban J connectivity index is 1.80. The number of hydrogen-bond acceptors (Lipinski definition) is 3. The summed E-state index contributed by atoms with van der Waals surface area (Å²) in [6.45, 7) is 0. The van der Waals surface area contributed by atoms with E-state index in [1.54, 1.807) is 11.3 Å². The van der Waals surface area contributed by atoms with Gasteiger partial charge in [-0.1, -0.05) is 34.1 Å². The van der Waals surface area contributed by atoms with E-state index in [4.69, 9.17) is 5.73 Å². The molecule has 0 saturated carbocycles. The van der Waals surface area contributed by atoms with Gasteiger partial charge in [-0.3, -0.25) is 0 Å². The van der Waals surface area contributed by atoms with E-state index in [9.17, 15) is 0 Å². The van der Waals surface area contributed by atoms with Crippen LogP contribution in [0.25, 0.3) is 10.2 Å². The zero-order chi connectivity index (χ0) is 13.2. The highest BCUT2D eigenvalue weighted by molar-refractivity contribution is 9.10. The topological polar surface area (TPSA) is 38.9 Å². The van der Waals surface area contributed by atoms with E-state index in [1.165, 1.54) is 10.3 Å². The second-order valence-corrected chi connectivity index (χ2v) is 6.45. The molecule has 2 aromatic carbocycles. The molecule has 1 heterocycles. The summed E-state index contributed by atoms with van der Waals surface area (Å²) in [7, 11) is 0. The van der Waals surface area contributed by atoms with E-state index in [0.29, 0.717) is 0 Å². The molecule has 1 aromatic heterocycles. The molecule has 96 valence electrons. The number of para-hydroxylation sites is 1. The van der Waals surface area contributed by atoms with Crippen molar-refractivity contribution >= 4 is 43.2 Å². The normalized spacial score (nSPS) is 11.0. The lowest BCUT2D eigenvalue weighted by atomic mass is 10.1. The number of fused-ring (bicyclic) bond motifs is 1. The fourth-order valence-electron chi connectivity index (χ4n) is 2.06. The molecule has 0 saturated heterocycles. The molecule has 19 heavy (non-hydrogen) atoms. The second-order valence-electron chi connectivity index (χ2n) is 4.42. The molecule has 2 nitrogen and oxygen atoms in total. The maximum absolute atomic E-state index is 5.96. The van der Waals surface area contributed by atoms with Gasteiger partial charge in [-0.05, 0) is 36.2 Å². The quantitative estimate of drug-likeness (QED) is 0.720. The molecule has 0 atom stereocenters. The molecule has 2 N–H and O–H groups in total. The Labute approximate surface area is 124 Å². The molecule has 0 spiro atoms. The molecule has 0 bridgehead atoms. The Kier molecular flexibility index (Phi) is 3.53. The van der Waals surface area contributed by atoms with Crippen LogP contribution >= 0.6 is 27.3 Å². The molecule has 3 aromatic rings. The minimum atomic E-state index is 0.867. The third kappa shape index (κ3) is 2.80. The Morgan fingerprint density at radius 2 is 1.95 bits per heavy atom. The first-order valence-electron chi connectivity index (χ1n) is 6.11. The van der Waals surface area contributed by atoms with Crippen molar-refractivity contribution in [3.05, 3.63) is 57.5 Å². The van der Waals surface area contributed by atoms with Gasteiger partial charge in [0.15, 0.2) is 0 Å². The smallest absolute Gasteiger partial charge is 0.0941 e. The maximum atomic E-state index is 5.96. The Morgan fingerprint density at radius 3 is 2.79 bits per heavy atom. The fourth-order valence-corrected chi connectivity index (χ4v) is 3.58. The SMILES string of the molecule is Nc1ccccc1CCc1nc2ccc(Br)cc2s1. The van der Waals surface area contributed by atoms with Crippen molar-refractivity contribution in [3.8, 4) is 0 Å². The lowest BCUT2D eigenvalue weighted by Gasteiger charge is -2.02. The van der Waals surface area contributed by atoms with Gasteiger partial charge in [-0.15, -0.1) is 11.3 Å². The van der Waals surface area contributed by atoms with Crippen LogP contribution in [-0.4, -0.2) is 4.98 Å². The van der Waals surface area contributed by atoms with Gasteiger partial charge in [0.25, 0.3) is 0 Å². The van der Waals surface area contributed by atoms with Crippen molar-refractivity contribution in [2.45, 2.75) is 12.8 Å². The van der Waals surface area contributed by atoms with Crippen LogP contribution in [0.4, 0.5) is 5.69 Å². The number of benzene rings is 2. The first kappa shape index (κ1) is 12.6. The van der Waals surface area contributed by atoms with Crippen molar-refractivity contribution in [2.24, 2.45) is 0 Å². The summed E-state index contributed by atoms with van der Waals surface area (Å²) in [5.74, 6) is 0. The third-order valence-corrected chi connectivity index (χ3v) is 4.63. The number of nitrogens with two attached hydrogens (primary N) is 1. The third-order valence-electron chi connectivity index (χ3n) is 3.06. The van der Waals surface area contributed by atoms with Crippen LogP contribution in [0, 0.1) is 0 Å². The van der Waals surface area contributed by atoms with Gasteiger partial charge in [0.2, 0.25) is 0 Å². The number of nitrogens with zero attached hydrogens (tertiary/aromatic N) is 1. The van der Waals surface area contributed by atoms with Crippen molar-refractivity contribution in [1.82, 2.24) is 4.98 Å². The standard InChI is InChI=1S/C15H13BrN2S/c16-11-6-7-13-14(9-11)19-15(18-13)8-5-10-3-1-2-4-12(10)17/h1-4,6-7,9H,5,8,17H2. The molecule has 0 aliphatic heterocycles. The summed E-state index contributed by atoms with van der Waals surface area (Å²) in [4.78, 5) is 4.66. The Morgan fingerprint density at radius 1 is 1.11 bits per heavy atom. The molecular formula is C15H13BrN2S. The minimum absolute atomic E-state index is 0.867. The molecule has 0 radical (unpaired) electrons. The number of anilines is 1. The number of rotatable bonds is 3. The molecule has 0 aliphatic rings. The first-order valence-corrected chi connectivity index (χ1v) is 7.72. The van der Waals surface area contributed by atoms with Gasteiger partial charge in [-0.25, -0.2) is 4.98 Å². The largest absolute Gasteiger partial charge is 0.399 e. The van der Waals surface area contributed by atoms with Crippen LogP contribution in [0.15, 0.2) is 46.9 Å². The van der Waals surface area contributed by atoms with E-state index in [1.807, 2.05) is 24.3 Å². The van der Waals surface area contributed by atoms with E-state index in [-0.39, 0.29) is 0 Å². The summed E-state index contributed by atoms with van der Waals surface area (Å²) in [6, 6.07) is 14.2. The van der Waals surface area contributed by atoms with Crippen molar-refractivity contribution in [2.75, 3.05) is 5.73 Å². The number of aromatic nitrogens is 1. The van der Waals surface area contributed by atoms with Crippen molar-refractivity contribution in [1.29, 1.82) is 0 Å². The van der Waals surface area contributed by atoms with Crippen LogP contribution in [0.3, 0.4) is 0 Å². The maximum Gasteiger partial charge on any atom is 0.0941 e. The van der Waals surface area contributed by atoms with Crippen LogP contribution in [0.2, 0.25) is 0 Å². The molecule has 0 unspecified atom stereocenters. The zero-order valence-electron chi connectivity index (χ0n) is 10.3. The van der Waals surface area contributed by atoms with Gasteiger partial charge >= 0.3 is 0 Å². The van der Waals surface area contributed by atoms with Gasteiger partial charge in [0.05, 0.1) is 15.2 Å². The predicted molar refractivity (Wildman–Crippen MR) is 85.6 cm³/mol. The average Bonchev–Trinajstić information content (AvgIpc) is 2.79. The lowest BCUT2D eigenvalue weighted by molar-refractivity contribution is 0.951. The van der Waals surface area contributed by atoms with Gasteiger partial charge in [0, 0.05) is 16.6 Å². The van der Waals surface area contributed by atoms with Gasteiger partial charge < -0.3 is 5.73 Å². The number of thiazole rings is 1. The van der Waals surface area contributed by atoms with Gasteiger partial charge in [0.1, 0.15) is 0 Å². The van der Waals surface area contributed by atoms with Crippen LogP contribution < -0.4 is 5.73 Å². The van der Waals surface area contributed by atoms with Crippen LogP contribution in [0.5, 0.6) is 0 Å². The van der Waals surface area contributed by atoms with E-state index < -0.39 is 0 Å².